The van der Waals surface area contributed by atoms with Crippen LogP contribution < -0.4 is 5.32 Å². The van der Waals surface area contributed by atoms with Crippen LogP contribution in [0.1, 0.15) is 10.5 Å². The predicted molar refractivity (Wildman–Crippen MR) is 74.5 cm³/mol. The van der Waals surface area contributed by atoms with Crippen LogP contribution in [0.25, 0.3) is 11.1 Å². The predicted octanol–water partition coefficient (Wildman–Crippen LogP) is 3.82. The fraction of sp³-hybridized carbons (Fsp3) is 0.0714. The van der Waals surface area contributed by atoms with Crippen LogP contribution in [0.5, 0.6) is 0 Å². The summed E-state index contributed by atoms with van der Waals surface area (Å²) in [5.74, 6) is -0.845. The van der Waals surface area contributed by atoms with E-state index in [0.29, 0.717) is 17.0 Å². The highest BCUT2D eigenvalue weighted by Gasteiger charge is 2.15. The zero-order valence-electron chi connectivity index (χ0n) is 10.5. The number of aromatic nitrogens is 1. The summed E-state index contributed by atoms with van der Waals surface area (Å²) in [6, 6.07) is 7.44. The van der Waals surface area contributed by atoms with Crippen molar-refractivity contribution in [2.45, 2.75) is 0 Å². The monoisotopic (exact) mass is 292 g/mol. The molecule has 20 heavy (non-hydrogen) atoms. The zero-order valence-corrected chi connectivity index (χ0v) is 11.2. The van der Waals surface area contributed by atoms with Gasteiger partial charge in [-0.3, -0.25) is 4.79 Å². The van der Waals surface area contributed by atoms with Gasteiger partial charge in [0.25, 0.3) is 5.91 Å². The first kappa shape index (κ1) is 12.7. The van der Waals surface area contributed by atoms with E-state index in [4.69, 9.17) is 16.0 Å². The average molecular weight is 293 g/mol. The Bertz CT molecular complexity index is 807. The lowest BCUT2D eigenvalue weighted by molar-refractivity contribution is 0.101. The van der Waals surface area contributed by atoms with E-state index in [1.165, 1.54) is 18.2 Å². The van der Waals surface area contributed by atoms with Crippen LogP contribution in [0.4, 0.5) is 10.1 Å². The first-order chi connectivity index (χ1) is 9.56. The van der Waals surface area contributed by atoms with Gasteiger partial charge in [-0.25, -0.2) is 4.39 Å². The zero-order chi connectivity index (χ0) is 14.3. The van der Waals surface area contributed by atoms with Crippen LogP contribution >= 0.6 is 11.6 Å². The Morgan fingerprint density at radius 1 is 1.35 bits per heavy atom. The molecule has 0 bridgehead atoms. The molecule has 0 fully saturated rings. The number of hydrogen-bond acceptors (Lipinski definition) is 2. The van der Waals surface area contributed by atoms with E-state index >= 15 is 0 Å². The van der Waals surface area contributed by atoms with Crippen molar-refractivity contribution >= 4 is 34.3 Å². The van der Waals surface area contributed by atoms with Crippen LogP contribution in [-0.4, -0.2) is 10.5 Å². The standard InChI is InChI=1S/C14H10ClFN2O2/c1-18-11-4-5-20-13(11)7-12(18)14(19)17-8-2-3-10(16)9(15)6-8/h2-7H,1H3,(H,17,19). The Balaban J connectivity index is 1.90. The van der Waals surface area contributed by atoms with Crippen molar-refractivity contribution in [3.8, 4) is 0 Å². The Hall–Kier alpha value is -2.27. The maximum Gasteiger partial charge on any atom is 0.272 e. The van der Waals surface area contributed by atoms with Gasteiger partial charge in [-0.1, -0.05) is 11.6 Å². The quantitative estimate of drug-likeness (QED) is 0.780. The van der Waals surface area contributed by atoms with Gasteiger partial charge in [-0.2, -0.15) is 0 Å². The van der Waals surface area contributed by atoms with Gasteiger partial charge in [0.15, 0.2) is 5.58 Å². The number of aryl methyl sites for hydroxylation is 1. The molecule has 1 amide bonds. The smallest absolute Gasteiger partial charge is 0.272 e. The normalized spacial score (nSPS) is 10.9. The van der Waals surface area contributed by atoms with Crippen molar-refractivity contribution in [2.75, 3.05) is 5.32 Å². The summed E-state index contributed by atoms with van der Waals surface area (Å²) < 4.78 is 20.0. The Morgan fingerprint density at radius 2 is 2.15 bits per heavy atom. The summed E-state index contributed by atoms with van der Waals surface area (Å²) in [7, 11) is 1.77. The molecule has 0 aliphatic carbocycles. The highest BCUT2D eigenvalue weighted by atomic mass is 35.5. The van der Waals surface area contributed by atoms with Crippen molar-refractivity contribution in [2.24, 2.45) is 7.05 Å². The lowest BCUT2D eigenvalue weighted by Crippen LogP contribution is -2.15. The van der Waals surface area contributed by atoms with Crippen molar-refractivity contribution in [3.05, 3.63) is 53.1 Å². The maximum atomic E-state index is 13.1. The van der Waals surface area contributed by atoms with E-state index < -0.39 is 5.82 Å². The van der Waals surface area contributed by atoms with Gasteiger partial charge in [-0.05, 0) is 18.2 Å². The second-order valence-electron chi connectivity index (χ2n) is 4.34. The van der Waals surface area contributed by atoms with Crippen LogP contribution in [-0.2, 0) is 7.05 Å². The van der Waals surface area contributed by atoms with Gasteiger partial charge >= 0.3 is 0 Å². The Labute approximate surface area is 118 Å². The molecule has 6 heteroatoms. The molecule has 0 saturated carbocycles. The first-order valence-corrected chi connectivity index (χ1v) is 6.23. The fourth-order valence-electron chi connectivity index (χ4n) is 2.04. The van der Waals surface area contributed by atoms with E-state index in [9.17, 15) is 9.18 Å². The first-order valence-electron chi connectivity index (χ1n) is 5.85. The molecule has 1 aromatic carbocycles. The second-order valence-corrected chi connectivity index (χ2v) is 4.75. The van der Waals surface area contributed by atoms with E-state index in [1.54, 1.807) is 30.0 Å². The minimum Gasteiger partial charge on any atom is -0.463 e. The van der Waals surface area contributed by atoms with Gasteiger partial charge in [-0.15, -0.1) is 0 Å². The van der Waals surface area contributed by atoms with Crippen molar-refractivity contribution < 1.29 is 13.6 Å². The van der Waals surface area contributed by atoms with Crippen molar-refractivity contribution in [1.82, 2.24) is 4.57 Å². The molecule has 0 aliphatic rings. The minimum atomic E-state index is -0.527. The van der Waals surface area contributed by atoms with Crippen LogP contribution in [0.2, 0.25) is 5.02 Å². The van der Waals surface area contributed by atoms with Gasteiger partial charge in [0.1, 0.15) is 11.5 Å². The molecule has 0 unspecified atom stereocenters. The number of benzene rings is 1. The van der Waals surface area contributed by atoms with Crippen molar-refractivity contribution in [1.29, 1.82) is 0 Å². The third-order valence-electron chi connectivity index (χ3n) is 3.07. The number of fused-ring (bicyclic) bond motifs is 1. The summed E-state index contributed by atoms with van der Waals surface area (Å²) in [5, 5.41) is 2.63. The Kier molecular flexibility index (Phi) is 2.99. The lowest BCUT2D eigenvalue weighted by Gasteiger charge is -2.07. The molecule has 0 spiro atoms. The number of halogens is 2. The molecule has 102 valence electrons. The summed E-state index contributed by atoms with van der Waals surface area (Å²) in [6.07, 6.45) is 1.56. The number of rotatable bonds is 2. The topological polar surface area (TPSA) is 47.2 Å². The molecule has 0 atom stereocenters. The number of hydrogen-bond donors (Lipinski definition) is 1. The lowest BCUT2D eigenvalue weighted by atomic mass is 10.3. The van der Waals surface area contributed by atoms with E-state index in [-0.39, 0.29) is 10.9 Å². The molecular formula is C14H10ClFN2O2. The van der Waals surface area contributed by atoms with Crippen LogP contribution in [0.3, 0.4) is 0 Å². The van der Waals surface area contributed by atoms with Crippen molar-refractivity contribution in [3.63, 3.8) is 0 Å². The number of anilines is 1. The third-order valence-corrected chi connectivity index (χ3v) is 3.36. The molecule has 4 nitrogen and oxygen atoms in total. The van der Waals surface area contributed by atoms with Gasteiger partial charge < -0.3 is 14.3 Å². The molecule has 3 rings (SSSR count). The number of carbonyl (C=O) groups excluding carboxylic acids is 1. The highest BCUT2D eigenvalue weighted by molar-refractivity contribution is 6.31. The molecule has 0 aliphatic heterocycles. The maximum absolute atomic E-state index is 13.1. The minimum absolute atomic E-state index is 0.0385. The fourth-order valence-corrected chi connectivity index (χ4v) is 2.22. The molecular weight excluding hydrogens is 283 g/mol. The third kappa shape index (κ3) is 2.06. The molecule has 1 N–H and O–H groups in total. The molecule has 0 radical (unpaired) electrons. The SMILES string of the molecule is Cn1c(C(=O)Nc2ccc(F)c(Cl)c2)cc2occc21. The summed E-state index contributed by atoms with van der Waals surface area (Å²) in [4.78, 5) is 12.2. The van der Waals surface area contributed by atoms with Gasteiger partial charge in [0.2, 0.25) is 0 Å². The number of carbonyl (C=O) groups is 1. The number of nitrogens with zero attached hydrogens (tertiary/aromatic N) is 1. The number of nitrogens with one attached hydrogen (secondary N) is 1. The summed E-state index contributed by atoms with van der Waals surface area (Å²) in [6.45, 7) is 0. The summed E-state index contributed by atoms with van der Waals surface area (Å²) >= 11 is 5.67. The average Bonchev–Trinajstić information content (AvgIpc) is 2.97. The van der Waals surface area contributed by atoms with Crippen LogP contribution in [0.15, 0.2) is 41.0 Å². The second kappa shape index (κ2) is 4.68. The molecule has 0 saturated heterocycles. The van der Waals surface area contributed by atoms with E-state index in [0.717, 1.165) is 5.52 Å². The van der Waals surface area contributed by atoms with Crippen LogP contribution in [0, 0.1) is 5.82 Å². The molecule has 3 aromatic rings. The van der Waals surface area contributed by atoms with Gasteiger partial charge in [0.05, 0.1) is 16.8 Å². The molecule has 2 aromatic heterocycles. The summed E-state index contributed by atoms with van der Waals surface area (Å²) in [5.41, 5.74) is 2.33. The van der Waals surface area contributed by atoms with E-state index in [2.05, 4.69) is 5.32 Å². The number of amides is 1. The largest absolute Gasteiger partial charge is 0.463 e. The van der Waals surface area contributed by atoms with Gasteiger partial charge in [0, 0.05) is 24.9 Å². The Morgan fingerprint density at radius 3 is 2.85 bits per heavy atom. The highest BCUT2D eigenvalue weighted by Crippen LogP contribution is 2.22. The molecule has 2 heterocycles. The van der Waals surface area contributed by atoms with E-state index in [1.807, 2.05) is 0 Å². The number of furan rings is 1.